The third kappa shape index (κ3) is 3.90. The number of aryl methyl sites for hydroxylation is 1. The largest absolute Gasteiger partial charge is 0.435 e. The molecule has 14 heavy (non-hydrogen) atoms. The Morgan fingerprint density at radius 2 is 2.00 bits per heavy atom. The number of ether oxygens (including phenoxy) is 1. The fraction of sp³-hybridized carbons (Fsp3) is 0.250. The molecule has 2 nitrogen and oxygen atoms in total. The van der Waals surface area contributed by atoms with E-state index in [0.29, 0.717) is 0 Å². The van der Waals surface area contributed by atoms with Crippen molar-refractivity contribution < 1.29 is 9.53 Å². The highest BCUT2D eigenvalue weighted by atomic mass is 16.5. The van der Waals surface area contributed by atoms with Crippen molar-refractivity contribution in [1.29, 1.82) is 0 Å². The van der Waals surface area contributed by atoms with Crippen molar-refractivity contribution in [2.75, 3.05) is 0 Å². The Balaban J connectivity index is 2.42. The van der Waals surface area contributed by atoms with E-state index in [1.54, 1.807) is 0 Å². The van der Waals surface area contributed by atoms with E-state index in [0.717, 1.165) is 6.42 Å². The van der Waals surface area contributed by atoms with Gasteiger partial charge in [-0.05, 0) is 25.0 Å². The number of hydrogen-bond donors (Lipinski definition) is 0. The monoisotopic (exact) mass is 190 g/mol. The molecule has 0 saturated carbocycles. The standard InChI is InChI=1S/C12H14O2/c1-10-5-7-12(8-6-10)4-3-9-14-11(2)13/h3,5-9H,4H2,1-2H3. The van der Waals surface area contributed by atoms with Gasteiger partial charge in [0.2, 0.25) is 0 Å². The van der Waals surface area contributed by atoms with E-state index in [2.05, 4.69) is 35.9 Å². The summed E-state index contributed by atoms with van der Waals surface area (Å²) in [5.74, 6) is -0.287. The van der Waals surface area contributed by atoms with E-state index in [1.807, 2.05) is 6.08 Å². The van der Waals surface area contributed by atoms with E-state index >= 15 is 0 Å². The maximum absolute atomic E-state index is 10.4. The molecule has 0 spiro atoms. The first kappa shape index (κ1) is 10.5. The summed E-state index contributed by atoms with van der Waals surface area (Å²) in [6.45, 7) is 3.44. The van der Waals surface area contributed by atoms with Gasteiger partial charge in [-0.3, -0.25) is 4.79 Å². The zero-order chi connectivity index (χ0) is 10.4. The first-order valence-corrected chi connectivity index (χ1v) is 4.56. The molecule has 0 fully saturated rings. The average Bonchev–Trinajstić information content (AvgIpc) is 2.15. The third-order valence-corrected chi connectivity index (χ3v) is 1.80. The quantitative estimate of drug-likeness (QED) is 0.541. The highest BCUT2D eigenvalue weighted by Gasteiger charge is 1.89. The van der Waals surface area contributed by atoms with Crippen LogP contribution < -0.4 is 0 Å². The van der Waals surface area contributed by atoms with Crippen LogP contribution in [0.3, 0.4) is 0 Å². The van der Waals surface area contributed by atoms with Gasteiger partial charge in [0.15, 0.2) is 0 Å². The van der Waals surface area contributed by atoms with Crippen LogP contribution in [-0.4, -0.2) is 5.97 Å². The van der Waals surface area contributed by atoms with Gasteiger partial charge in [-0.2, -0.15) is 0 Å². The van der Waals surface area contributed by atoms with Crippen molar-refractivity contribution in [2.45, 2.75) is 20.3 Å². The van der Waals surface area contributed by atoms with Gasteiger partial charge >= 0.3 is 5.97 Å². The smallest absolute Gasteiger partial charge is 0.307 e. The van der Waals surface area contributed by atoms with Gasteiger partial charge in [0.25, 0.3) is 0 Å². The van der Waals surface area contributed by atoms with E-state index in [4.69, 9.17) is 0 Å². The Hall–Kier alpha value is -1.57. The lowest BCUT2D eigenvalue weighted by atomic mass is 10.1. The Labute approximate surface area is 84.2 Å². The van der Waals surface area contributed by atoms with Gasteiger partial charge in [0.05, 0.1) is 6.26 Å². The summed E-state index contributed by atoms with van der Waals surface area (Å²) in [7, 11) is 0. The lowest BCUT2D eigenvalue weighted by molar-refractivity contribution is -0.135. The lowest BCUT2D eigenvalue weighted by Gasteiger charge is -1.96. The summed E-state index contributed by atoms with van der Waals surface area (Å²) >= 11 is 0. The topological polar surface area (TPSA) is 26.3 Å². The minimum absolute atomic E-state index is 0.287. The minimum Gasteiger partial charge on any atom is -0.435 e. The lowest BCUT2D eigenvalue weighted by Crippen LogP contribution is -1.90. The second kappa shape index (κ2) is 5.22. The number of carbonyl (C=O) groups excluding carboxylic acids is 1. The van der Waals surface area contributed by atoms with Gasteiger partial charge in [0.1, 0.15) is 0 Å². The molecule has 1 aromatic rings. The number of esters is 1. The van der Waals surface area contributed by atoms with Gasteiger partial charge in [0, 0.05) is 6.92 Å². The Kier molecular flexibility index (Phi) is 3.92. The Morgan fingerprint density at radius 1 is 1.36 bits per heavy atom. The van der Waals surface area contributed by atoms with Crippen LogP contribution in [0.5, 0.6) is 0 Å². The van der Waals surface area contributed by atoms with E-state index in [9.17, 15) is 4.79 Å². The van der Waals surface area contributed by atoms with Crippen LogP contribution in [0.1, 0.15) is 18.1 Å². The van der Waals surface area contributed by atoms with Crippen molar-refractivity contribution in [3.05, 3.63) is 47.7 Å². The van der Waals surface area contributed by atoms with Crippen LogP contribution in [0.25, 0.3) is 0 Å². The molecule has 0 N–H and O–H groups in total. The summed E-state index contributed by atoms with van der Waals surface area (Å²) in [5, 5.41) is 0. The summed E-state index contributed by atoms with van der Waals surface area (Å²) in [6, 6.07) is 8.25. The van der Waals surface area contributed by atoms with Crippen molar-refractivity contribution >= 4 is 5.97 Å². The fourth-order valence-corrected chi connectivity index (χ4v) is 1.05. The van der Waals surface area contributed by atoms with Gasteiger partial charge < -0.3 is 4.74 Å². The zero-order valence-corrected chi connectivity index (χ0v) is 8.49. The van der Waals surface area contributed by atoms with Crippen LogP contribution >= 0.6 is 0 Å². The molecule has 1 aromatic carbocycles. The zero-order valence-electron chi connectivity index (χ0n) is 8.49. The number of rotatable bonds is 3. The number of hydrogen-bond acceptors (Lipinski definition) is 2. The van der Waals surface area contributed by atoms with Gasteiger partial charge in [-0.15, -0.1) is 0 Å². The SMILES string of the molecule is CC(=O)OC=CCc1ccc(C)cc1. The summed E-state index contributed by atoms with van der Waals surface area (Å²) in [6.07, 6.45) is 4.04. The molecule has 2 heteroatoms. The van der Waals surface area contributed by atoms with E-state index < -0.39 is 0 Å². The van der Waals surface area contributed by atoms with Gasteiger partial charge in [-0.25, -0.2) is 0 Å². The maximum atomic E-state index is 10.4. The molecule has 1 rings (SSSR count). The second-order valence-electron chi connectivity index (χ2n) is 3.17. The van der Waals surface area contributed by atoms with Crippen LogP contribution in [0.15, 0.2) is 36.6 Å². The summed E-state index contributed by atoms with van der Waals surface area (Å²) < 4.78 is 4.67. The third-order valence-electron chi connectivity index (χ3n) is 1.80. The molecule has 0 unspecified atom stereocenters. The first-order valence-electron chi connectivity index (χ1n) is 4.56. The van der Waals surface area contributed by atoms with Crippen molar-refractivity contribution in [3.8, 4) is 0 Å². The number of allylic oxidation sites excluding steroid dienone is 1. The van der Waals surface area contributed by atoms with Gasteiger partial charge in [-0.1, -0.05) is 29.8 Å². The Morgan fingerprint density at radius 3 is 2.57 bits per heavy atom. The normalized spacial score (nSPS) is 10.4. The van der Waals surface area contributed by atoms with Crippen LogP contribution in [-0.2, 0) is 16.0 Å². The molecule has 0 amide bonds. The second-order valence-corrected chi connectivity index (χ2v) is 3.17. The number of benzene rings is 1. The van der Waals surface area contributed by atoms with Crippen LogP contribution in [0.2, 0.25) is 0 Å². The average molecular weight is 190 g/mol. The van der Waals surface area contributed by atoms with E-state index in [1.165, 1.54) is 24.3 Å². The Bertz CT molecular complexity index is 323. The first-order chi connectivity index (χ1) is 6.68. The fourth-order valence-electron chi connectivity index (χ4n) is 1.05. The molecule has 0 saturated heterocycles. The molecule has 74 valence electrons. The van der Waals surface area contributed by atoms with Crippen molar-refractivity contribution in [2.24, 2.45) is 0 Å². The molecule has 0 aliphatic carbocycles. The maximum Gasteiger partial charge on any atom is 0.307 e. The molecule has 0 aliphatic rings. The molecule has 0 aliphatic heterocycles. The van der Waals surface area contributed by atoms with E-state index in [-0.39, 0.29) is 5.97 Å². The van der Waals surface area contributed by atoms with Crippen LogP contribution in [0.4, 0.5) is 0 Å². The highest BCUT2D eigenvalue weighted by Crippen LogP contribution is 2.04. The molecule has 0 radical (unpaired) electrons. The molecular weight excluding hydrogens is 176 g/mol. The predicted molar refractivity (Wildman–Crippen MR) is 55.8 cm³/mol. The molecule has 0 atom stereocenters. The molecular formula is C12H14O2. The van der Waals surface area contributed by atoms with Crippen molar-refractivity contribution in [3.63, 3.8) is 0 Å². The highest BCUT2D eigenvalue weighted by molar-refractivity contribution is 5.66. The van der Waals surface area contributed by atoms with Crippen LogP contribution in [0, 0.1) is 6.92 Å². The van der Waals surface area contributed by atoms with Crippen molar-refractivity contribution in [1.82, 2.24) is 0 Å². The number of carbonyl (C=O) groups is 1. The summed E-state index contributed by atoms with van der Waals surface area (Å²) in [4.78, 5) is 10.4. The predicted octanol–water partition coefficient (Wildman–Crippen LogP) is 2.61. The molecule has 0 bridgehead atoms. The minimum atomic E-state index is -0.287. The summed E-state index contributed by atoms with van der Waals surface area (Å²) in [5.41, 5.74) is 2.46. The molecule has 0 heterocycles. The molecule has 0 aromatic heterocycles.